The predicted molar refractivity (Wildman–Crippen MR) is 129 cm³/mol. The number of nitrogens with zero attached hydrogens (tertiary/aromatic N) is 7. The maximum absolute atomic E-state index is 12.1. The van der Waals surface area contributed by atoms with Crippen molar-refractivity contribution >= 4 is 41.0 Å². The quantitative estimate of drug-likeness (QED) is 0.419. The number of nitrogens with one attached hydrogen (secondary N) is 2. The van der Waals surface area contributed by atoms with Crippen LogP contribution in [0.25, 0.3) is 11.7 Å². The maximum Gasteiger partial charge on any atom is 0.254 e. The summed E-state index contributed by atoms with van der Waals surface area (Å²) in [7, 11) is 0. The Morgan fingerprint density at radius 2 is 1.97 bits per heavy atom. The molecule has 11 nitrogen and oxygen atoms in total. The van der Waals surface area contributed by atoms with Crippen molar-refractivity contribution in [2.45, 2.75) is 25.3 Å². The van der Waals surface area contributed by atoms with Crippen molar-refractivity contribution in [3.8, 4) is 6.07 Å². The number of hydrogen-bond acceptors (Lipinski definition) is 9. The number of imide groups is 1. The summed E-state index contributed by atoms with van der Waals surface area (Å²) in [6.07, 6.45) is 7.37. The van der Waals surface area contributed by atoms with Crippen molar-refractivity contribution in [1.82, 2.24) is 24.9 Å². The summed E-state index contributed by atoms with van der Waals surface area (Å²) >= 11 is 0. The van der Waals surface area contributed by atoms with E-state index in [2.05, 4.69) is 36.6 Å². The molecule has 0 unspecified atom stereocenters. The molecule has 35 heavy (non-hydrogen) atoms. The number of aromatic nitrogens is 4. The molecule has 2 amide bonds. The third kappa shape index (κ3) is 4.03. The Morgan fingerprint density at radius 3 is 2.69 bits per heavy atom. The van der Waals surface area contributed by atoms with Gasteiger partial charge in [0, 0.05) is 55.6 Å². The van der Waals surface area contributed by atoms with E-state index >= 15 is 0 Å². The van der Waals surface area contributed by atoms with E-state index in [-0.39, 0.29) is 18.2 Å². The molecule has 0 atom stereocenters. The smallest absolute Gasteiger partial charge is 0.254 e. The zero-order chi connectivity index (χ0) is 23.9. The van der Waals surface area contributed by atoms with Crippen LogP contribution in [-0.4, -0.2) is 63.6 Å². The van der Waals surface area contributed by atoms with Crippen molar-refractivity contribution in [3.05, 3.63) is 47.3 Å². The first-order valence-electron chi connectivity index (χ1n) is 11.6. The van der Waals surface area contributed by atoms with Gasteiger partial charge in [-0.2, -0.15) is 14.9 Å². The van der Waals surface area contributed by atoms with Crippen molar-refractivity contribution in [2.24, 2.45) is 0 Å². The molecule has 0 bridgehead atoms. The minimum absolute atomic E-state index is 0.0587. The molecule has 2 saturated heterocycles. The van der Waals surface area contributed by atoms with Crippen LogP contribution < -0.4 is 20.4 Å². The summed E-state index contributed by atoms with van der Waals surface area (Å²) in [4.78, 5) is 37.3. The standard InChI is InChI=1S/C24H23N9O2/c25-13-15-2-1-5-26-22(15)32-8-6-31(7-9-32)19-12-20(28-18-3-4-18)33-23(29-19)17(14-27-33)10-16-11-21(34)30-24(16)35/h1-2,5,10,12,14,18,28H,3-4,6-9,11H2,(H,30,34,35)/b16-10+. The Labute approximate surface area is 201 Å². The van der Waals surface area contributed by atoms with Gasteiger partial charge in [-0.05, 0) is 31.1 Å². The molecule has 6 rings (SSSR count). The van der Waals surface area contributed by atoms with Gasteiger partial charge in [0.25, 0.3) is 5.91 Å². The summed E-state index contributed by atoms with van der Waals surface area (Å²) in [6.45, 7) is 2.86. The Balaban J connectivity index is 1.31. The first-order chi connectivity index (χ1) is 17.1. The first kappa shape index (κ1) is 21.1. The topological polar surface area (TPSA) is 132 Å². The van der Waals surface area contributed by atoms with Gasteiger partial charge in [-0.15, -0.1) is 0 Å². The van der Waals surface area contributed by atoms with E-state index in [9.17, 15) is 14.9 Å². The van der Waals surface area contributed by atoms with E-state index in [1.807, 2.05) is 6.07 Å². The lowest BCUT2D eigenvalue weighted by molar-refractivity contribution is -0.124. The summed E-state index contributed by atoms with van der Waals surface area (Å²) < 4.78 is 1.76. The van der Waals surface area contributed by atoms with Gasteiger partial charge >= 0.3 is 0 Å². The summed E-state index contributed by atoms with van der Waals surface area (Å²) in [6, 6.07) is 8.21. The molecule has 1 aliphatic carbocycles. The number of carbonyl (C=O) groups excluding carboxylic acids is 2. The molecule has 3 aromatic rings. The molecular weight excluding hydrogens is 446 g/mol. The van der Waals surface area contributed by atoms with Crippen molar-refractivity contribution in [2.75, 3.05) is 41.3 Å². The Kier molecular flexibility index (Phi) is 5.06. The molecular formula is C24H23N9O2. The van der Waals surface area contributed by atoms with Crippen LogP contribution in [0.3, 0.4) is 0 Å². The van der Waals surface area contributed by atoms with Crippen LogP contribution in [0.1, 0.15) is 30.4 Å². The fraction of sp³-hybridized carbons (Fsp3) is 0.333. The van der Waals surface area contributed by atoms with Crippen LogP contribution in [0.15, 0.2) is 36.2 Å². The highest BCUT2D eigenvalue weighted by atomic mass is 16.2. The fourth-order valence-corrected chi connectivity index (χ4v) is 4.46. The van der Waals surface area contributed by atoms with Gasteiger partial charge in [-0.25, -0.2) is 9.97 Å². The summed E-state index contributed by atoms with van der Waals surface area (Å²) in [5.41, 5.74) is 2.30. The molecule has 2 aliphatic heterocycles. The van der Waals surface area contributed by atoms with Crippen LogP contribution in [0, 0.1) is 11.3 Å². The maximum atomic E-state index is 12.1. The van der Waals surface area contributed by atoms with E-state index in [0.29, 0.717) is 47.3 Å². The average Bonchev–Trinajstić information content (AvgIpc) is 3.51. The molecule has 3 fully saturated rings. The second kappa shape index (κ2) is 8.39. The Hall–Kier alpha value is -4.46. The van der Waals surface area contributed by atoms with E-state index in [1.165, 1.54) is 0 Å². The average molecular weight is 470 g/mol. The molecule has 3 aromatic heterocycles. The highest BCUT2D eigenvalue weighted by Crippen LogP contribution is 2.30. The van der Waals surface area contributed by atoms with Gasteiger partial charge in [0.1, 0.15) is 23.5 Å². The van der Waals surface area contributed by atoms with Gasteiger partial charge in [-0.3, -0.25) is 14.9 Å². The number of rotatable bonds is 5. The molecule has 0 radical (unpaired) electrons. The number of piperazine rings is 1. The van der Waals surface area contributed by atoms with Gasteiger partial charge in [0.15, 0.2) is 5.65 Å². The number of nitriles is 1. The van der Waals surface area contributed by atoms with E-state index in [1.54, 1.807) is 35.1 Å². The second-order valence-corrected chi connectivity index (χ2v) is 8.94. The molecule has 3 aliphatic rings. The summed E-state index contributed by atoms with van der Waals surface area (Å²) in [5, 5.41) is 19.8. The van der Waals surface area contributed by atoms with Crippen LogP contribution in [-0.2, 0) is 9.59 Å². The minimum Gasteiger partial charge on any atom is -0.367 e. The summed E-state index contributed by atoms with van der Waals surface area (Å²) in [5.74, 6) is 1.71. The largest absolute Gasteiger partial charge is 0.367 e. The third-order valence-corrected chi connectivity index (χ3v) is 6.45. The van der Waals surface area contributed by atoms with Crippen molar-refractivity contribution in [1.29, 1.82) is 5.26 Å². The lowest BCUT2D eigenvalue weighted by Gasteiger charge is -2.36. The molecule has 0 spiro atoms. The van der Waals surface area contributed by atoms with E-state index in [4.69, 9.17) is 4.98 Å². The van der Waals surface area contributed by atoms with E-state index in [0.717, 1.165) is 37.6 Å². The second-order valence-electron chi connectivity index (χ2n) is 8.94. The fourth-order valence-electron chi connectivity index (χ4n) is 4.46. The number of hydrogen-bond donors (Lipinski definition) is 2. The normalized spacial score (nSPS) is 19.3. The Bertz CT molecular complexity index is 1410. The SMILES string of the molecule is N#Cc1cccnc1N1CCN(c2cc(NC3CC3)n3ncc(/C=C4\CC(=O)NC4=O)c3n2)CC1. The van der Waals surface area contributed by atoms with Crippen molar-refractivity contribution < 1.29 is 9.59 Å². The van der Waals surface area contributed by atoms with Gasteiger partial charge in [0.05, 0.1) is 18.2 Å². The molecule has 176 valence electrons. The molecule has 11 heteroatoms. The van der Waals surface area contributed by atoms with Crippen LogP contribution in [0.2, 0.25) is 0 Å². The van der Waals surface area contributed by atoms with Gasteiger partial charge in [0.2, 0.25) is 5.91 Å². The number of pyridine rings is 1. The van der Waals surface area contributed by atoms with Gasteiger partial charge < -0.3 is 15.1 Å². The highest BCUT2D eigenvalue weighted by molar-refractivity contribution is 6.15. The van der Waals surface area contributed by atoms with Crippen LogP contribution >= 0.6 is 0 Å². The number of anilines is 3. The predicted octanol–water partition coefficient (Wildman–Crippen LogP) is 1.33. The number of fused-ring (bicyclic) bond motifs is 1. The van der Waals surface area contributed by atoms with Crippen LogP contribution in [0.4, 0.5) is 17.5 Å². The lowest BCUT2D eigenvalue weighted by Crippen LogP contribution is -2.47. The highest BCUT2D eigenvalue weighted by Gasteiger charge is 2.27. The van der Waals surface area contributed by atoms with E-state index < -0.39 is 0 Å². The first-order valence-corrected chi connectivity index (χ1v) is 11.6. The number of carbonyl (C=O) groups is 2. The minimum atomic E-state index is -0.371. The zero-order valence-corrected chi connectivity index (χ0v) is 18.9. The molecule has 0 aromatic carbocycles. The number of amides is 2. The van der Waals surface area contributed by atoms with Crippen molar-refractivity contribution in [3.63, 3.8) is 0 Å². The lowest BCUT2D eigenvalue weighted by atomic mass is 10.1. The van der Waals surface area contributed by atoms with Gasteiger partial charge in [-0.1, -0.05) is 0 Å². The molecule has 1 saturated carbocycles. The van der Waals surface area contributed by atoms with Crippen LogP contribution in [0.5, 0.6) is 0 Å². The third-order valence-electron chi connectivity index (χ3n) is 6.45. The Morgan fingerprint density at radius 1 is 1.17 bits per heavy atom. The zero-order valence-electron chi connectivity index (χ0n) is 18.9. The monoisotopic (exact) mass is 469 g/mol. The molecule has 2 N–H and O–H groups in total. The molecule has 5 heterocycles.